The molecule has 1 saturated carbocycles. The highest BCUT2D eigenvalue weighted by Crippen LogP contribution is 2.55. The Morgan fingerprint density at radius 3 is 2.65 bits per heavy atom. The normalized spacial score (nSPS) is 30.6. The number of halogens is 3. The summed E-state index contributed by atoms with van der Waals surface area (Å²) in [5.74, 6) is 0.373. The molecule has 7 nitrogen and oxygen atoms in total. The summed E-state index contributed by atoms with van der Waals surface area (Å²) < 4.78 is 47.8. The zero-order chi connectivity index (χ0) is 24.6. The molecule has 3 aliphatic heterocycles. The molecule has 1 unspecified atom stereocenters. The van der Waals surface area contributed by atoms with Crippen LogP contribution in [0.2, 0.25) is 0 Å². The molecule has 6 rings (SSSR count). The van der Waals surface area contributed by atoms with Crippen molar-refractivity contribution >= 4 is 5.84 Å². The molecular formula is C24H27F3N4O3. The van der Waals surface area contributed by atoms with Gasteiger partial charge in [-0.15, -0.1) is 0 Å². The van der Waals surface area contributed by atoms with Gasteiger partial charge in [-0.2, -0.15) is 18.2 Å². The van der Waals surface area contributed by atoms with E-state index in [1.165, 1.54) is 24.1 Å². The lowest BCUT2D eigenvalue weighted by molar-refractivity contribution is -0.138. The lowest BCUT2D eigenvalue weighted by atomic mass is 9.69. The van der Waals surface area contributed by atoms with Crippen LogP contribution in [0.3, 0.4) is 0 Å². The molecule has 34 heavy (non-hydrogen) atoms. The first-order valence-corrected chi connectivity index (χ1v) is 11.2. The van der Waals surface area contributed by atoms with Gasteiger partial charge in [0.1, 0.15) is 5.84 Å². The van der Waals surface area contributed by atoms with E-state index in [2.05, 4.69) is 5.43 Å². The summed E-state index contributed by atoms with van der Waals surface area (Å²) in [5.41, 5.74) is 2.95. The van der Waals surface area contributed by atoms with Crippen molar-refractivity contribution in [2.75, 3.05) is 13.7 Å². The van der Waals surface area contributed by atoms with Crippen LogP contribution in [0.1, 0.15) is 66.8 Å². The molecule has 0 amide bonds. The van der Waals surface area contributed by atoms with Crippen LogP contribution in [0.15, 0.2) is 40.2 Å². The summed E-state index contributed by atoms with van der Waals surface area (Å²) >= 11 is 0. The molecule has 4 heterocycles. The number of pyridine rings is 1. The van der Waals surface area contributed by atoms with Crippen LogP contribution in [0.5, 0.6) is 0 Å². The number of amidine groups is 1. The molecular weight excluding hydrogens is 449 g/mol. The number of fused-ring (bicyclic) bond motifs is 2. The molecule has 0 spiro atoms. The topological polar surface area (TPSA) is 79.1 Å². The van der Waals surface area contributed by atoms with Gasteiger partial charge < -0.3 is 19.8 Å². The second kappa shape index (κ2) is 7.40. The van der Waals surface area contributed by atoms with Crippen molar-refractivity contribution in [1.82, 2.24) is 15.0 Å². The van der Waals surface area contributed by atoms with E-state index >= 15 is 0 Å². The molecule has 1 aliphatic carbocycles. The fraction of sp³-hybridized carbons (Fsp3) is 0.500. The number of aromatic nitrogens is 1. The number of ether oxygens (including phenoxy) is 1. The molecule has 1 aromatic heterocycles. The van der Waals surface area contributed by atoms with E-state index in [0.29, 0.717) is 29.1 Å². The zero-order valence-electron chi connectivity index (χ0n) is 19.4. The van der Waals surface area contributed by atoms with E-state index in [4.69, 9.17) is 9.73 Å². The highest BCUT2D eigenvalue weighted by molar-refractivity contribution is 6.00. The number of aliphatic hydroxyl groups excluding tert-OH is 1. The molecule has 1 aromatic carbocycles. The Balaban J connectivity index is 1.59. The van der Waals surface area contributed by atoms with Gasteiger partial charge in [0.25, 0.3) is 5.56 Å². The van der Waals surface area contributed by atoms with Gasteiger partial charge in [0.15, 0.2) is 6.23 Å². The second-order valence-corrected chi connectivity index (χ2v) is 9.93. The molecule has 2 atom stereocenters. The van der Waals surface area contributed by atoms with Gasteiger partial charge in [0.2, 0.25) is 0 Å². The molecule has 2 N–H and O–H groups in total. The smallest absolute Gasteiger partial charge is 0.373 e. The molecule has 3 fully saturated rings. The van der Waals surface area contributed by atoms with E-state index in [9.17, 15) is 23.1 Å². The minimum atomic E-state index is -4.46. The Hall–Kier alpha value is -2.69. The minimum absolute atomic E-state index is 0.122. The van der Waals surface area contributed by atoms with Crippen molar-refractivity contribution in [1.29, 1.82) is 0 Å². The van der Waals surface area contributed by atoms with Gasteiger partial charge >= 0.3 is 6.18 Å². The number of nitrogens with zero attached hydrogens (tertiary/aromatic N) is 3. The Morgan fingerprint density at radius 1 is 1.32 bits per heavy atom. The second-order valence-electron chi connectivity index (χ2n) is 9.93. The Morgan fingerprint density at radius 2 is 2.03 bits per heavy atom. The predicted molar refractivity (Wildman–Crippen MR) is 119 cm³/mol. The van der Waals surface area contributed by atoms with Gasteiger partial charge in [-0.05, 0) is 38.0 Å². The van der Waals surface area contributed by atoms with Crippen molar-refractivity contribution < 1.29 is 23.0 Å². The number of nitrogens with one attached hydrogen (secondary N) is 1. The number of rotatable bonds is 3. The first-order valence-electron chi connectivity index (χ1n) is 11.2. The molecule has 2 aromatic rings. The van der Waals surface area contributed by atoms with E-state index < -0.39 is 29.5 Å². The van der Waals surface area contributed by atoms with Crippen LogP contribution >= 0.6 is 0 Å². The van der Waals surface area contributed by atoms with Crippen molar-refractivity contribution in [2.24, 2.45) is 4.99 Å². The maximum Gasteiger partial charge on any atom is 0.416 e. The largest absolute Gasteiger partial charge is 0.416 e. The summed E-state index contributed by atoms with van der Waals surface area (Å²) in [6.45, 7) is 5.62. The highest BCUT2D eigenvalue weighted by Gasteiger charge is 2.61. The third-order valence-electron chi connectivity index (χ3n) is 7.33. The van der Waals surface area contributed by atoms with Gasteiger partial charge in [-0.3, -0.25) is 9.79 Å². The van der Waals surface area contributed by atoms with Gasteiger partial charge in [0.05, 0.1) is 29.4 Å². The standard InChI is InChI=1S/C24H27F3N4O3/c1-13-15(6-5-7-18(13)24(25,26)27)14(2)28-20-17-9-31(23-10-22(3,11-23)34-12-23)19(32)8-16(17)21(33)30(4)29-20/h5-9,14,21,33H,10-12H2,1-4H3,(H,28,29)/t14-,21?,22?,23?/m1/s1. The van der Waals surface area contributed by atoms with Crippen LogP contribution in [0.4, 0.5) is 13.2 Å². The summed E-state index contributed by atoms with van der Waals surface area (Å²) in [6, 6.07) is 4.87. The SMILES string of the molecule is Cc1c([C@@H](C)N=C2NN(C)C(O)c3cc(=O)n(C45COC(C)(C4)C5)cc32)cccc1C(F)(F)F. The number of hydrogen-bond donors (Lipinski definition) is 2. The number of hydrazine groups is 1. The lowest BCUT2D eigenvalue weighted by Crippen LogP contribution is -2.54. The van der Waals surface area contributed by atoms with E-state index in [0.717, 1.165) is 18.9 Å². The number of aliphatic imine (C=N–C) groups is 1. The fourth-order valence-corrected chi connectivity index (χ4v) is 5.69. The summed E-state index contributed by atoms with van der Waals surface area (Å²) in [7, 11) is 1.61. The van der Waals surface area contributed by atoms with Crippen molar-refractivity contribution in [3.05, 3.63) is 68.6 Å². The van der Waals surface area contributed by atoms with Crippen LogP contribution in [-0.2, 0) is 16.5 Å². The number of aliphatic hydroxyl groups is 1. The maximum atomic E-state index is 13.4. The van der Waals surface area contributed by atoms with Crippen molar-refractivity contribution in [3.8, 4) is 0 Å². The fourth-order valence-electron chi connectivity index (χ4n) is 5.69. The Kier molecular flexibility index (Phi) is 5.02. The van der Waals surface area contributed by atoms with Crippen LogP contribution in [0, 0.1) is 6.92 Å². The first-order chi connectivity index (χ1) is 15.8. The Labute approximate surface area is 194 Å². The molecule has 0 radical (unpaired) electrons. The van der Waals surface area contributed by atoms with Crippen LogP contribution < -0.4 is 11.0 Å². The quantitative estimate of drug-likeness (QED) is 0.710. The summed E-state index contributed by atoms with van der Waals surface area (Å²) in [6.07, 6.45) is -2.39. The Bertz CT molecular complexity index is 1250. The van der Waals surface area contributed by atoms with E-state index in [1.54, 1.807) is 30.8 Å². The number of hydrogen-bond acceptors (Lipinski definition) is 5. The maximum absolute atomic E-state index is 13.4. The summed E-state index contributed by atoms with van der Waals surface area (Å²) in [5, 5.41) is 12.1. The van der Waals surface area contributed by atoms with E-state index in [1.807, 2.05) is 6.92 Å². The van der Waals surface area contributed by atoms with E-state index in [-0.39, 0.29) is 16.7 Å². The minimum Gasteiger partial charge on any atom is -0.373 e. The average molecular weight is 476 g/mol. The number of benzene rings is 1. The molecule has 2 saturated heterocycles. The van der Waals surface area contributed by atoms with Crippen LogP contribution in [0.25, 0.3) is 0 Å². The lowest BCUT2D eigenvalue weighted by Gasteiger charge is -2.44. The van der Waals surface area contributed by atoms with Gasteiger partial charge in [0, 0.05) is 43.3 Å². The highest BCUT2D eigenvalue weighted by atomic mass is 19.4. The number of alkyl halides is 3. The zero-order valence-corrected chi connectivity index (χ0v) is 19.4. The third-order valence-corrected chi connectivity index (χ3v) is 7.33. The van der Waals surface area contributed by atoms with Gasteiger partial charge in [-0.1, -0.05) is 12.1 Å². The van der Waals surface area contributed by atoms with Crippen molar-refractivity contribution in [2.45, 2.75) is 63.2 Å². The molecule has 10 heteroatoms. The van der Waals surface area contributed by atoms with Crippen molar-refractivity contribution in [3.63, 3.8) is 0 Å². The van der Waals surface area contributed by atoms with Gasteiger partial charge in [-0.25, -0.2) is 0 Å². The third kappa shape index (κ3) is 3.47. The first kappa shape index (κ1) is 23.1. The molecule has 4 aliphatic rings. The molecule has 2 bridgehead atoms. The average Bonchev–Trinajstić information content (AvgIpc) is 3.25. The predicted octanol–water partition coefficient (Wildman–Crippen LogP) is 3.40. The molecule has 182 valence electrons. The van der Waals surface area contributed by atoms with Crippen LogP contribution in [-0.4, -0.2) is 39.8 Å². The monoisotopic (exact) mass is 476 g/mol. The summed E-state index contributed by atoms with van der Waals surface area (Å²) in [4.78, 5) is 17.7.